The van der Waals surface area contributed by atoms with E-state index in [0.29, 0.717) is 10.6 Å². The molecule has 2 rings (SSSR count). The minimum absolute atomic E-state index is 0.381. The lowest BCUT2D eigenvalue weighted by Gasteiger charge is -2.04. The molecule has 0 bridgehead atoms. The number of thiophene rings is 1. The van der Waals surface area contributed by atoms with Crippen molar-refractivity contribution in [3.05, 3.63) is 40.3 Å². The highest BCUT2D eigenvalue weighted by Crippen LogP contribution is 2.35. The fraction of sp³-hybridized carbons (Fsp3) is 0.214. The Balaban J connectivity index is 2.52. The summed E-state index contributed by atoms with van der Waals surface area (Å²) in [7, 11) is 1.36. The summed E-state index contributed by atoms with van der Waals surface area (Å²) >= 11 is 1.37. The van der Waals surface area contributed by atoms with Crippen LogP contribution in [0.3, 0.4) is 0 Å². The molecule has 0 radical (unpaired) electrons. The molecule has 0 saturated carbocycles. The van der Waals surface area contributed by atoms with Gasteiger partial charge in [-0.25, -0.2) is 4.79 Å². The first kappa shape index (κ1) is 12.6. The Bertz CT molecular complexity index is 602. The quantitative estimate of drug-likeness (QED) is 0.843. The molecule has 0 spiro atoms. The molecule has 0 atom stereocenters. The van der Waals surface area contributed by atoms with E-state index in [2.05, 4.69) is 18.2 Å². The number of benzene rings is 1. The van der Waals surface area contributed by atoms with Gasteiger partial charge < -0.3 is 10.5 Å². The van der Waals surface area contributed by atoms with Gasteiger partial charge in [-0.05, 0) is 31.0 Å². The second-order valence-electron chi connectivity index (χ2n) is 4.21. The Morgan fingerprint density at radius 1 is 1.28 bits per heavy atom. The molecule has 0 unspecified atom stereocenters. The standard InChI is InChI=1S/C14H15NO2S/c1-8-4-5-9(2)10(6-8)12-7-11(15)13(18-12)14(16)17-3/h4-7H,15H2,1-3H3. The predicted molar refractivity (Wildman–Crippen MR) is 75.0 cm³/mol. The Hall–Kier alpha value is -1.81. The van der Waals surface area contributed by atoms with Gasteiger partial charge in [-0.15, -0.1) is 11.3 Å². The zero-order valence-corrected chi connectivity index (χ0v) is 11.4. The number of methoxy groups -OCH3 is 1. The monoisotopic (exact) mass is 261 g/mol. The Morgan fingerprint density at radius 2 is 2.00 bits per heavy atom. The number of nitrogen functional groups attached to an aromatic ring is 1. The Labute approximate surface area is 110 Å². The molecule has 0 aliphatic rings. The van der Waals surface area contributed by atoms with Gasteiger partial charge in [0.25, 0.3) is 0 Å². The van der Waals surface area contributed by atoms with Crippen molar-refractivity contribution in [2.75, 3.05) is 12.8 Å². The third-order valence-electron chi connectivity index (χ3n) is 2.79. The maximum absolute atomic E-state index is 11.5. The van der Waals surface area contributed by atoms with Crippen LogP contribution in [0.1, 0.15) is 20.8 Å². The van der Waals surface area contributed by atoms with E-state index in [-0.39, 0.29) is 5.97 Å². The fourth-order valence-corrected chi connectivity index (χ4v) is 2.87. The first-order valence-electron chi connectivity index (χ1n) is 5.58. The summed E-state index contributed by atoms with van der Waals surface area (Å²) in [6, 6.07) is 8.07. The third-order valence-corrected chi connectivity index (χ3v) is 3.95. The number of rotatable bonds is 2. The van der Waals surface area contributed by atoms with E-state index in [4.69, 9.17) is 10.5 Å². The number of hydrogen-bond acceptors (Lipinski definition) is 4. The molecule has 1 heterocycles. The van der Waals surface area contributed by atoms with Crippen LogP contribution in [0.2, 0.25) is 0 Å². The lowest BCUT2D eigenvalue weighted by Crippen LogP contribution is -2.00. The molecule has 0 aliphatic carbocycles. The minimum Gasteiger partial charge on any atom is -0.465 e. The second-order valence-corrected chi connectivity index (χ2v) is 5.26. The minimum atomic E-state index is -0.381. The summed E-state index contributed by atoms with van der Waals surface area (Å²) in [6.07, 6.45) is 0. The Morgan fingerprint density at radius 3 is 2.67 bits per heavy atom. The van der Waals surface area contributed by atoms with Crippen LogP contribution in [-0.4, -0.2) is 13.1 Å². The maximum Gasteiger partial charge on any atom is 0.350 e. The number of ether oxygens (including phenoxy) is 1. The van der Waals surface area contributed by atoms with E-state index >= 15 is 0 Å². The molecule has 1 aromatic carbocycles. The highest BCUT2D eigenvalue weighted by Gasteiger charge is 2.16. The van der Waals surface area contributed by atoms with Crippen molar-refractivity contribution < 1.29 is 9.53 Å². The van der Waals surface area contributed by atoms with Gasteiger partial charge in [0.2, 0.25) is 0 Å². The molecule has 94 valence electrons. The van der Waals surface area contributed by atoms with Crippen LogP contribution in [0.25, 0.3) is 10.4 Å². The van der Waals surface area contributed by atoms with E-state index in [9.17, 15) is 4.79 Å². The maximum atomic E-state index is 11.5. The number of carbonyl (C=O) groups is 1. The van der Waals surface area contributed by atoms with Crippen LogP contribution in [0.15, 0.2) is 24.3 Å². The van der Waals surface area contributed by atoms with Crippen LogP contribution in [0, 0.1) is 13.8 Å². The SMILES string of the molecule is COC(=O)c1sc(-c2cc(C)ccc2C)cc1N. The summed E-state index contributed by atoms with van der Waals surface area (Å²) in [6.45, 7) is 4.09. The molecule has 3 nitrogen and oxygen atoms in total. The average Bonchev–Trinajstić information content (AvgIpc) is 2.73. The van der Waals surface area contributed by atoms with Gasteiger partial charge >= 0.3 is 5.97 Å². The van der Waals surface area contributed by atoms with Gasteiger partial charge in [0, 0.05) is 4.88 Å². The molecule has 0 saturated heterocycles. The topological polar surface area (TPSA) is 52.3 Å². The van der Waals surface area contributed by atoms with E-state index in [1.807, 2.05) is 19.9 Å². The van der Waals surface area contributed by atoms with Crippen molar-refractivity contribution >= 4 is 23.0 Å². The number of hydrogen-bond donors (Lipinski definition) is 1. The van der Waals surface area contributed by atoms with E-state index in [0.717, 1.165) is 10.4 Å². The number of esters is 1. The van der Waals surface area contributed by atoms with Crippen molar-refractivity contribution in [1.29, 1.82) is 0 Å². The molecule has 2 aromatic rings. The van der Waals surface area contributed by atoms with Crippen LogP contribution in [-0.2, 0) is 4.74 Å². The molecule has 1 aromatic heterocycles. The van der Waals surface area contributed by atoms with Gasteiger partial charge in [-0.1, -0.05) is 23.8 Å². The van der Waals surface area contributed by atoms with Crippen molar-refractivity contribution in [3.63, 3.8) is 0 Å². The van der Waals surface area contributed by atoms with Gasteiger partial charge in [-0.2, -0.15) is 0 Å². The van der Waals surface area contributed by atoms with Crippen LogP contribution < -0.4 is 5.73 Å². The number of nitrogens with two attached hydrogens (primary N) is 1. The molecular weight excluding hydrogens is 246 g/mol. The van der Waals surface area contributed by atoms with Crippen LogP contribution in [0.5, 0.6) is 0 Å². The average molecular weight is 261 g/mol. The van der Waals surface area contributed by atoms with Crippen LogP contribution >= 0.6 is 11.3 Å². The highest BCUT2D eigenvalue weighted by atomic mass is 32.1. The first-order valence-corrected chi connectivity index (χ1v) is 6.40. The highest BCUT2D eigenvalue weighted by molar-refractivity contribution is 7.18. The predicted octanol–water partition coefficient (Wildman–Crippen LogP) is 3.40. The van der Waals surface area contributed by atoms with Crippen molar-refractivity contribution in [3.8, 4) is 10.4 Å². The number of aryl methyl sites for hydroxylation is 2. The summed E-state index contributed by atoms with van der Waals surface area (Å²) < 4.78 is 4.71. The van der Waals surface area contributed by atoms with E-state index < -0.39 is 0 Å². The second kappa shape index (κ2) is 4.82. The zero-order valence-electron chi connectivity index (χ0n) is 10.6. The van der Waals surface area contributed by atoms with Gasteiger partial charge in [-0.3, -0.25) is 0 Å². The molecule has 18 heavy (non-hydrogen) atoms. The molecule has 0 fully saturated rings. The van der Waals surface area contributed by atoms with E-state index in [1.165, 1.54) is 29.6 Å². The molecule has 0 aliphatic heterocycles. The Kier molecular flexibility index (Phi) is 3.39. The fourth-order valence-electron chi connectivity index (χ4n) is 1.79. The largest absolute Gasteiger partial charge is 0.465 e. The van der Waals surface area contributed by atoms with Crippen molar-refractivity contribution in [2.45, 2.75) is 13.8 Å². The van der Waals surface area contributed by atoms with Gasteiger partial charge in [0.1, 0.15) is 4.88 Å². The van der Waals surface area contributed by atoms with Gasteiger partial charge in [0.05, 0.1) is 12.8 Å². The molecule has 2 N–H and O–H groups in total. The number of anilines is 1. The lowest BCUT2D eigenvalue weighted by molar-refractivity contribution is 0.0607. The summed E-state index contributed by atoms with van der Waals surface area (Å²) in [4.78, 5) is 13.0. The summed E-state index contributed by atoms with van der Waals surface area (Å²) in [5.74, 6) is -0.381. The van der Waals surface area contributed by atoms with Crippen molar-refractivity contribution in [2.24, 2.45) is 0 Å². The molecule has 4 heteroatoms. The third kappa shape index (κ3) is 2.24. The van der Waals surface area contributed by atoms with E-state index in [1.54, 1.807) is 0 Å². The smallest absolute Gasteiger partial charge is 0.350 e. The zero-order chi connectivity index (χ0) is 13.3. The number of carbonyl (C=O) groups excluding carboxylic acids is 1. The van der Waals surface area contributed by atoms with Gasteiger partial charge in [0.15, 0.2) is 0 Å². The first-order chi connectivity index (χ1) is 8.52. The van der Waals surface area contributed by atoms with Crippen molar-refractivity contribution in [1.82, 2.24) is 0 Å². The van der Waals surface area contributed by atoms with Crippen LogP contribution in [0.4, 0.5) is 5.69 Å². The molecular formula is C14H15NO2S. The summed E-state index contributed by atoms with van der Waals surface area (Å²) in [5.41, 5.74) is 9.79. The lowest BCUT2D eigenvalue weighted by atomic mass is 10.0. The normalized spacial score (nSPS) is 10.4. The molecule has 0 amide bonds. The summed E-state index contributed by atoms with van der Waals surface area (Å²) in [5, 5.41) is 0.